The molecule has 0 atom stereocenters. The van der Waals surface area contributed by atoms with Gasteiger partial charge in [0.1, 0.15) is 17.4 Å². The molecular formula is C26H20FN2NaO3. The van der Waals surface area contributed by atoms with E-state index < -0.39 is 11.8 Å². The van der Waals surface area contributed by atoms with Crippen molar-refractivity contribution in [3.05, 3.63) is 83.2 Å². The van der Waals surface area contributed by atoms with E-state index in [-0.39, 0.29) is 40.5 Å². The van der Waals surface area contributed by atoms with Crippen molar-refractivity contribution < 1.29 is 48.6 Å². The summed E-state index contributed by atoms with van der Waals surface area (Å²) >= 11 is 0. The second kappa shape index (κ2) is 9.14. The predicted molar refractivity (Wildman–Crippen MR) is 120 cm³/mol. The van der Waals surface area contributed by atoms with Crippen LogP contribution < -0.4 is 44.3 Å². The number of aromatic nitrogens is 1. The summed E-state index contributed by atoms with van der Waals surface area (Å²) in [6.07, 6.45) is 0.771. The van der Waals surface area contributed by atoms with Gasteiger partial charge in [0.25, 0.3) is 0 Å². The predicted octanol–water partition coefficient (Wildman–Crippen LogP) is 1.42. The fraction of sp³-hybridized carbons (Fsp3) is 0.154. The minimum atomic E-state index is -1.34. The molecule has 160 valence electrons. The zero-order chi connectivity index (χ0) is 22.4. The van der Waals surface area contributed by atoms with Gasteiger partial charge in [0.15, 0.2) is 0 Å². The molecule has 0 amide bonds. The number of para-hydroxylation sites is 1. The van der Waals surface area contributed by atoms with Gasteiger partial charge in [0, 0.05) is 34.3 Å². The van der Waals surface area contributed by atoms with Crippen molar-refractivity contribution in [2.45, 2.75) is 13.3 Å². The summed E-state index contributed by atoms with van der Waals surface area (Å²) in [5.74, 6) is -0.522. The van der Waals surface area contributed by atoms with E-state index in [2.05, 4.69) is 6.07 Å². The third kappa shape index (κ3) is 3.88. The third-order valence-corrected chi connectivity index (χ3v) is 6.05. The van der Waals surface area contributed by atoms with Gasteiger partial charge < -0.3 is 19.5 Å². The Morgan fingerprint density at radius 1 is 1.09 bits per heavy atom. The largest absolute Gasteiger partial charge is 1.00 e. The number of halogens is 1. The van der Waals surface area contributed by atoms with Crippen LogP contribution in [0.15, 0.2) is 60.7 Å². The van der Waals surface area contributed by atoms with E-state index >= 15 is 0 Å². The number of methoxy groups -OCH3 is 1. The number of benzene rings is 3. The minimum absolute atomic E-state index is 0. The first kappa shape index (κ1) is 23.2. The van der Waals surface area contributed by atoms with Crippen LogP contribution in [0.5, 0.6) is 5.75 Å². The maximum atomic E-state index is 13.8. The second-order valence-electron chi connectivity index (χ2n) is 7.79. The Balaban J connectivity index is 0.00000259. The number of rotatable bonds is 4. The minimum Gasteiger partial charge on any atom is -0.545 e. The molecule has 0 radical (unpaired) electrons. The number of anilines is 2. The number of carbonyl (C=O) groups excluding carboxylic acids is 1. The van der Waals surface area contributed by atoms with Gasteiger partial charge in [-0.3, -0.25) is 0 Å². The third-order valence-electron chi connectivity index (χ3n) is 6.05. The molecule has 0 aliphatic carbocycles. The van der Waals surface area contributed by atoms with Crippen LogP contribution in [0.4, 0.5) is 15.9 Å². The molecule has 1 aliphatic rings. The molecule has 2 heterocycles. The average Bonchev–Trinajstić information content (AvgIpc) is 3.22. The van der Waals surface area contributed by atoms with Crippen molar-refractivity contribution >= 4 is 28.4 Å². The van der Waals surface area contributed by atoms with Crippen molar-refractivity contribution in [2.75, 3.05) is 18.6 Å². The number of pyridine rings is 1. The monoisotopic (exact) mass is 450 g/mol. The van der Waals surface area contributed by atoms with Crippen molar-refractivity contribution in [1.29, 1.82) is 0 Å². The Labute approximate surface area is 213 Å². The number of hydrogen-bond acceptors (Lipinski definition) is 5. The topological polar surface area (TPSA) is 65.5 Å². The number of carboxylic acid groups (broad SMARTS) is 1. The summed E-state index contributed by atoms with van der Waals surface area (Å²) in [5, 5.41) is 12.2. The first-order chi connectivity index (χ1) is 15.5. The van der Waals surface area contributed by atoms with Crippen LogP contribution >= 0.6 is 0 Å². The average molecular weight is 450 g/mol. The second-order valence-corrected chi connectivity index (χ2v) is 7.79. The molecule has 3 aromatic carbocycles. The summed E-state index contributed by atoms with van der Waals surface area (Å²) in [7, 11) is 1.65. The van der Waals surface area contributed by atoms with E-state index in [1.165, 1.54) is 18.2 Å². The van der Waals surface area contributed by atoms with Gasteiger partial charge in [-0.15, -0.1) is 0 Å². The Bertz CT molecular complexity index is 1390. The van der Waals surface area contributed by atoms with Crippen molar-refractivity contribution in [3.8, 4) is 16.9 Å². The summed E-state index contributed by atoms with van der Waals surface area (Å²) in [4.78, 5) is 18.7. The SMILES string of the molecule is COc1ccccc1-c1cccc2c1CCN2c1nc2ccc(F)cc2c(C(=O)[O-])c1C.[Na+]. The molecule has 0 bridgehead atoms. The van der Waals surface area contributed by atoms with E-state index in [1.807, 2.05) is 41.3 Å². The van der Waals surface area contributed by atoms with Gasteiger partial charge in [-0.2, -0.15) is 0 Å². The molecule has 7 heteroatoms. The molecule has 5 rings (SSSR count). The Morgan fingerprint density at radius 2 is 1.85 bits per heavy atom. The molecule has 1 aromatic heterocycles. The molecule has 0 N–H and O–H groups in total. The first-order valence-electron chi connectivity index (χ1n) is 10.3. The molecule has 1 aliphatic heterocycles. The van der Waals surface area contributed by atoms with Gasteiger partial charge in [0.05, 0.1) is 18.6 Å². The molecule has 0 saturated heterocycles. The van der Waals surface area contributed by atoms with Gasteiger partial charge in [0.2, 0.25) is 0 Å². The Kier molecular flexibility index (Phi) is 6.43. The van der Waals surface area contributed by atoms with Gasteiger partial charge >= 0.3 is 29.6 Å². The number of carbonyl (C=O) groups is 1. The van der Waals surface area contributed by atoms with Crippen LogP contribution in [0.2, 0.25) is 0 Å². The molecule has 0 spiro atoms. The van der Waals surface area contributed by atoms with Crippen LogP contribution in [-0.2, 0) is 6.42 Å². The maximum absolute atomic E-state index is 13.8. The van der Waals surface area contributed by atoms with Crippen LogP contribution in [0, 0.1) is 12.7 Å². The van der Waals surface area contributed by atoms with E-state index in [4.69, 9.17) is 9.72 Å². The summed E-state index contributed by atoms with van der Waals surface area (Å²) in [6, 6.07) is 17.9. The maximum Gasteiger partial charge on any atom is 1.00 e. The number of hydrogen-bond donors (Lipinski definition) is 0. The van der Waals surface area contributed by atoms with Crippen LogP contribution in [0.1, 0.15) is 21.5 Å². The molecule has 0 fully saturated rings. The van der Waals surface area contributed by atoms with Crippen LogP contribution in [0.25, 0.3) is 22.0 Å². The molecule has 0 saturated carbocycles. The number of aromatic carboxylic acids is 1. The fourth-order valence-corrected chi connectivity index (χ4v) is 4.62. The molecular weight excluding hydrogens is 430 g/mol. The molecule has 33 heavy (non-hydrogen) atoms. The Morgan fingerprint density at radius 3 is 2.61 bits per heavy atom. The number of fused-ring (bicyclic) bond motifs is 2. The summed E-state index contributed by atoms with van der Waals surface area (Å²) < 4.78 is 19.4. The van der Waals surface area contributed by atoms with E-state index in [1.54, 1.807) is 14.0 Å². The molecule has 5 nitrogen and oxygen atoms in total. The smallest absolute Gasteiger partial charge is 0.545 e. The zero-order valence-corrected chi connectivity index (χ0v) is 20.7. The van der Waals surface area contributed by atoms with E-state index in [0.29, 0.717) is 23.4 Å². The van der Waals surface area contributed by atoms with E-state index in [9.17, 15) is 14.3 Å². The van der Waals surface area contributed by atoms with Crippen LogP contribution in [0.3, 0.4) is 0 Å². The standard InChI is InChI=1S/C26H21FN2O3.Na/c1-15-24(26(30)31)20-14-16(27)10-11-21(20)28-25(15)29-13-12-18-17(7-5-8-22(18)29)19-6-3-4-9-23(19)32-2;/h3-11,14H,12-13H2,1-2H3,(H,30,31);/q;+1/p-1. The molecule has 4 aromatic rings. The number of carboxylic acids is 1. The van der Waals surface area contributed by atoms with Crippen molar-refractivity contribution in [2.24, 2.45) is 0 Å². The number of nitrogens with zero attached hydrogens (tertiary/aromatic N) is 2. The van der Waals surface area contributed by atoms with Gasteiger partial charge in [-0.1, -0.05) is 30.3 Å². The van der Waals surface area contributed by atoms with E-state index in [0.717, 1.165) is 34.5 Å². The van der Waals surface area contributed by atoms with Gasteiger partial charge in [-0.05, 0) is 54.8 Å². The fourth-order valence-electron chi connectivity index (χ4n) is 4.62. The quantitative estimate of drug-likeness (QED) is 0.440. The molecule has 0 unspecified atom stereocenters. The van der Waals surface area contributed by atoms with Gasteiger partial charge in [-0.25, -0.2) is 9.37 Å². The number of ether oxygens (including phenoxy) is 1. The van der Waals surface area contributed by atoms with Crippen molar-refractivity contribution in [3.63, 3.8) is 0 Å². The Hall–Kier alpha value is -2.93. The van der Waals surface area contributed by atoms with Crippen molar-refractivity contribution in [1.82, 2.24) is 4.98 Å². The zero-order valence-electron chi connectivity index (χ0n) is 18.7. The first-order valence-corrected chi connectivity index (χ1v) is 10.3. The summed E-state index contributed by atoms with van der Waals surface area (Å²) in [5.41, 5.74) is 5.03. The van der Waals surface area contributed by atoms with Crippen LogP contribution in [-0.4, -0.2) is 24.6 Å². The normalized spacial score (nSPS) is 12.4. The summed E-state index contributed by atoms with van der Waals surface area (Å²) in [6.45, 7) is 2.34.